The van der Waals surface area contributed by atoms with E-state index in [-0.39, 0.29) is 5.69 Å². The number of alkyl halides is 3. The highest BCUT2D eigenvalue weighted by molar-refractivity contribution is 5.72. The third-order valence-electron chi connectivity index (χ3n) is 3.20. The van der Waals surface area contributed by atoms with E-state index in [4.69, 9.17) is 0 Å². The molecule has 0 aliphatic rings. The van der Waals surface area contributed by atoms with Crippen LogP contribution in [0.4, 0.5) is 30.2 Å². The van der Waals surface area contributed by atoms with Gasteiger partial charge in [0.05, 0.1) is 16.6 Å². The zero-order valence-corrected chi connectivity index (χ0v) is 12.0. The molecular weight excluding hydrogens is 313 g/mol. The molecular formula is C15H13F3N2O3. The average molecular weight is 326 g/mol. The Morgan fingerprint density at radius 3 is 2.39 bits per heavy atom. The molecule has 0 fully saturated rings. The molecule has 23 heavy (non-hydrogen) atoms. The van der Waals surface area contributed by atoms with Crippen molar-refractivity contribution in [3.05, 3.63) is 63.7 Å². The van der Waals surface area contributed by atoms with Crippen molar-refractivity contribution in [1.29, 1.82) is 0 Å². The molecule has 0 radical (unpaired) electrons. The maximum atomic E-state index is 12.7. The molecule has 2 aromatic carbocycles. The zero-order chi connectivity index (χ0) is 17.2. The van der Waals surface area contributed by atoms with Gasteiger partial charge in [-0.05, 0) is 25.1 Å². The molecule has 0 saturated heterocycles. The van der Waals surface area contributed by atoms with E-state index in [0.717, 1.165) is 12.1 Å². The van der Waals surface area contributed by atoms with Crippen LogP contribution in [0, 0.1) is 10.1 Å². The highest BCUT2D eigenvalue weighted by Gasteiger charge is 2.33. The van der Waals surface area contributed by atoms with Gasteiger partial charge in [-0.3, -0.25) is 10.1 Å². The Labute approximate surface area is 129 Å². The first-order chi connectivity index (χ1) is 10.7. The first-order valence-electron chi connectivity index (χ1n) is 6.60. The van der Waals surface area contributed by atoms with Crippen LogP contribution in [0.3, 0.4) is 0 Å². The quantitative estimate of drug-likeness (QED) is 0.644. The molecule has 0 spiro atoms. The number of halogens is 3. The Bertz CT molecular complexity index is 730. The molecule has 2 rings (SSSR count). The van der Waals surface area contributed by atoms with E-state index >= 15 is 0 Å². The summed E-state index contributed by atoms with van der Waals surface area (Å²) in [6.45, 7) is 1.52. The maximum absolute atomic E-state index is 12.7. The third kappa shape index (κ3) is 3.78. The van der Waals surface area contributed by atoms with Crippen LogP contribution in [0.25, 0.3) is 0 Å². The van der Waals surface area contributed by atoms with Crippen molar-refractivity contribution in [3.8, 4) is 0 Å². The number of hydrogen-bond acceptors (Lipinski definition) is 4. The van der Waals surface area contributed by atoms with Gasteiger partial charge in [0.25, 0.3) is 5.69 Å². The van der Waals surface area contributed by atoms with Gasteiger partial charge in [-0.15, -0.1) is 0 Å². The normalized spacial score (nSPS) is 12.7. The van der Waals surface area contributed by atoms with Crippen molar-refractivity contribution in [1.82, 2.24) is 0 Å². The number of nitro benzene ring substituents is 1. The third-order valence-corrected chi connectivity index (χ3v) is 3.20. The lowest BCUT2D eigenvalue weighted by Gasteiger charge is -2.15. The Kier molecular flexibility index (Phi) is 4.55. The highest BCUT2D eigenvalue weighted by Crippen LogP contribution is 2.37. The number of aliphatic hydroxyl groups excluding tert-OH is 1. The molecule has 0 aliphatic carbocycles. The van der Waals surface area contributed by atoms with Gasteiger partial charge in [-0.2, -0.15) is 13.2 Å². The minimum absolute atomic E-state index is 0.0869. The van der Waals surface area contributed by atoms with Gasteiger partial charge < -0.3 is 10.4 Å². The van der Waals surface area contributed by atoms with Gasteiger partial charge >= 0.3 is 6.18 Å². The Balaban J connectivity index is 2.47. The van der Waals surface area contributed by atoms with Crippen molar-refractivity contribution >= 4 is 17.1 Å². The van der Waals surface area contributed by atoms with Crippen molar-refractivity contribution in [2.24, 2.45) is 0 Å². The molecule has 0 bridgehead atoms. The van der Waals surface area contributed by atoms with Gasteiger partial charge in [-0.25, -0.2) is 0 Å². The number of hydrogen-bond donors (Lipinski definition) is 2. The number of nitrogens with zero attached hydrogens (tertiary/aromatic N) is 1. The molecule has 0 aliphatic heterocycles. The number of benzene rings is 2. The lowest BCUT2D eigenvalue weighted by atomic mass is 10.1. The molecule has 0 amide bonds. The summed E-state index contributed by atoms with van der Waals surface area (Å²) in [6, 6.07) is 8.75. The molecule has 0 aromatic heterocycles. The minimum Gasteiger partial charge on any atom is -0.389 e. The highest BCUT2D eigenvalue weighted by atomic mass is 19.4. The largest absolute Gasteiger partial charge is 0.416 e. The van der Waals surface area contributed by atoms with Gasteiger partial charge in [0, 0.05) is 17.3 Å². The second-order valence-electron chi connectivity index (χ2n) is 4.88. The van der Waals surface area contributed by atoms with E-state index in [9.17, 15) is 28.4 Å². The van der Waals surface area contributed by atoms with Crippen LogP contribution >= 0.6 is 0 Å². The molecule has 0 saturated carbocycles. The van der Waals surface area contributed by atoms with E-state index in [2.05, 4.69) is 5.32 Å². The van der Waals surface area contributed by atoms with Gasteiger partial charge in [-0.1, -0.05) is 18.2 Å². The number of anilines is 2. The molecule has 0 heterocycles. The van der Waals surface area contributed by atoms with E-state index in [1.54, 1.807) is 24.3 Å². The molecule has 1 unspecified atom stereocenters. The molecule has 122 valence electrons. The fourth-order valence-electron chi connectivity index (χ4n) is 2.08. The predicted molar refractivity (Wildman–Crippen MR) is 78.5 cm³/mol. The van der Waals surface area contributed by atoms with E-state index in [1.807, 2.05) is 0 Å². The van der Waals surface area contributed by atoms with Crippen LogP contribution in [0.15, 0.2) is 42.5 Å². The average Bonchev–Trinajstić information content (AvgIpc) is 2.46. The second kappa shape index (κ2) is 6.25. The summed E-state index contributed by atoms with van der Waals surface area (Å²) in [5, 5.41) is 23.5. The fourth-order valence-corrected chi connectivity index (χ4v) is 2.08. The summed E-state index contributed by atoms with van der Waals surface area (Å²) in [5.74, 6) is 0. The second-order valence-corrected chi connectivity index (χ2v) is 4.88. The Hall–Kier alpha value is -2.61. The monoisotopic (exact) mass is 326 g/mol. The Morgan fingerprint density at radius 1 is 1.17 bits per heavy atom. The summed E-state index contributed by atoms with van der Waals surface area (Å²) in [7, 11) is 0. The SMILES string of the molecule is CC(O)c1ccccc1Nc1ccc(C(F)(F)F)cc1[N+](=O)[O-]. The summed E-state index contributed by atoms with van der Waals surface area (Å²) in [5.41, 5.74) is -1.03. The number of para-hydroxylation sites is 1. The zero-order valence-electron chi connectivity index (χ0n) is 12.0. The van der Waals surface area contributed by atoms with E-state index in [1.165, 1.54) is 6.92 Å². The van der Waals surface area contributed by atoms with Crippen LogP contribution in [0.2, 0.25) is 0 Å². The van der Waals surface area contributed by atoms with Crippen molar-refractivity contribution in [3.63, 3.8) is 0 Å². The van der Waals surface area contributed by atoms with E-state index < -0.39 is 28.5 Å². The minimum atomic E-state index is -4.67. The molecule has 8 heteroatoms. The predicted octanol–water partition coefficient (Wildman–Crippen LogP) is 4.41. The smallest absolute Gasteiger partial charge is 0.389 e. The lowest BCUT2D eigenvalue weighted by Crippen LogP contribution is -2.07. The molecule has 5 nitrogen and oxygen atoms in total. The standard InChI is InChI=1S/C15H13F3N2O3/c1-9(21)11-4-2-3-5-12(11)19-13-7-6-10(15(16,17)18)8-14(13)20(22)23/h2-9,19,21H,1H3. The first-order valence-corrected chi connectivity index (χ1v) is 6.60. The van der Waals surface area contributed by atoms with Crippen LogP contribution in [-0.4, -0.2) is 10.0 Å². The summed E-state index contributed by atoms with van der Waals surface area (Å²) in [4.78, 5) is 10.2. The van der Waals surface area contributed by atoms with Crippen LogP contribution < -0.4 is 5.32 Å². The van der Waals surface area contributed by atoms with Gasteiger partial charge in [0.15, 0.2) is 0 Å². The summed E-state index contributed by atoms with van der Waals surface area (Å²) < 4.78 is 38.1. The fraction of sp³-hybridized carbons (Fsp3) is 0.200. The van der Waals surface area contributed by atoms with Gasteiger partial charge in [0.1, 0.15) is 5.69 Å². The molecule has 2 N–H and O–H groups in total. The summed E-state index contributed by atoms with van der Waals surface area (Å²) >= 11 is 0. The number of aliphatic hydroxyl groups is 1. The number of nitro groups is 1. The number of nitrogens with one attached hydrogen (secondary N) is 1. The van der Waals surface area contributed by atoms with E-state index in [0.29, 0.717) is 17.3 Å². The Morgan fingerprint density at radius 2 is 1.83 bits per heavy atom. The van der Waals surface area contributed by atoms with Crippen LogP contribution in [0.1, 0.15) is 24.2 Å². The van der Waals surface area contributed by atoms with Crippen molar-refractivity contribution in [2.45, 2.75) is 19.2 Å². The number of rotatable bonds is 4. The van der Waals surface area contributed by atoms with Gasteiger partial charge in [0.2, 0.25) is 0 Å². The maximum Gasteiger partial charge on any atom is 0.416 e. The molecule has 2 aromatic rings. The van der Waals surface area contributed by atoms with Crippen molar-refractivity contribution < 1.29 is 23.2 Å². The van der Waals surface area contributed by atoms with Crippen molar-refractivity contribution in [2.75, 3.05) is 5.32 Å². The first kappa shape index (κ1) is 16.8. The van der Waals surface area contributed by atoms with Crippen LogP contribution in [-0.2, 0) is 6.18 Å². The topological polar surface area (TPSA) is 75.4 Å². The lowest BCUT2D eigenvalue weighted by molar-refractivity contribution is -0.384. The molecule has 1 atom stereocenters. The van der Waals surface area contributed by atoms with Crippen LogP contribution in [0.5, 0.6) is 0 Å². The summed E-state index contributed by atoms with van der Waals surface area (Å²) in [6.07, 6.45) is -5.51.